The molecular weight excluding hydrogens is 654 g/mol. The third-order valence-electron chi connectivity index (χ3n) is 12.0. The number of halogens is 1. The summed E-state index contributed by atoms with van der Waals surface area (Å²) in [5.74, 6) is 0.156. The Kier molecular flexibility index (Phi) is 10.5. The van der Waals surface area contributed by atoms with E-state index >= 15 is 0 Å². The Morgan fingerprint density at radius 1 is 1.14 bits per heavy atom. The van der Waals surface area contributed by atoms with Gasteiger partial charge in [-0.25, -0.2) is 4.79 Å². The van der Waals surface area contributed by atoms with Crippen molar-refractivity contribution in [1.29, 1.82) is 0 Å². The number of anilines is 1. The number of benzene rings is 2. The van der Waals surface area contributed by atoms with Gasteiger partial charge < -0.3 is 34.2 Å². The Labute approximate surface area is 301 Å². The zero-order valence-corrected chi connectivity index (χ0v) is 30.1. The largest absolute Gasteiger partial charge is 0.490 e. The highest BCUT2D eigenvalue weighted by atomic mass is 35.5. The van der Waals surface area contributed by atoms with Crippen LogP contribution in [-0.2, 0) is 31.7 Å². The van der Waals surface area contributed by atoms with E-state index in [0.717, 1.165) is 95.2 Å². The smallest absolute Gasteiger partial charge is 0.340 e. The van der Waals surface area contributed by atoms with E-state index < -0.39 is 11.6 Å². The number of carbonyl (C=O) groups is 1. The van der Waals surface area contributed by atoms with Gasteiger partial charge in [0.05, 0.1) is 38.2 Å². The van der Waals surface area contributed by atoms with Gasteiger partial charge in [-0.2, -0.15) is 0 Å². The van der Waals surface area contributed by atoms with E-state index in [1.54, 1.807) is 6.07 Å². The number of rotatable bonds is 5. The Balaban J connectivity index is 1.25. The number of aliphatic carboxylic acids is 1. The van der Waals surface area contributed by atoms with Gasteiger partial charge in [0, 0.05) is 68.9 Å². The molecule has 5 aliphatic rings. The van der Waals surface area contributed by atoms with E-state index in [1.807, 2.05) is 30.1 Å². The third-order valence-corrected chi connectivity index (χ3v) is 12.2. The van der Waals surface area contributed by atoms with E-state index in [1.165, 1.54) is 11.1 Å². The molecule has 7 rings (SSSR count). The summed E-state index contributed by atoms with van der Waals surface area (Å²) in [6, 6.07) is 11.7. The van der Waals surface area contributed by atoms with Crippen molar-refractivity contribution < 1.29 is 29.2 Å². The van der Waals surface area contributed by atoms with E-state index in [4.69, 9.17) is 25.8 Å². The summed E-state index contributed by atoms with van der Waals surface area (Å²) < 4.78 is 19.0. The fraction of sp³-hybridized carbons (Fsp3) is 0.575. The summed E-state index contributed by atoms with van der Waals surface area (Å²) in [6.45, 7) is 11.9. The van der Waals surface area contributed by atoms with Gasteiger partial charge in [-0.15, -0.1) is 0 Å². The van der Waals surface area contributed by atoms with Crippen molar-refractivity contribution in [1.82, 2.24) is 9.80 Å². The lowest BCUT2D eigenvalue weighted by Crippen LogP contribution is -2.50. The van der Waals surface area contributed by atoms with Crippen molar-refractivity contribution in [2.75, 3.05) is 77.6 Å². The van der Waals surface area contributed by atoms with Crippen molar-refractivity contribution in [3.8, 4) is 5.75 Å². The number of fused-ring (bicyclic) bond motifs is 4. The van der Waals surface area contributed by atoms with Crippen molar-refractivity contribution in [3.05, 3.63) is 82.5 Å². The molecule has 0 unspecified atom stereocenters. The number of morpholine rings is 1. The van der Waals surface area contributed by atoms with Crippen LogP contribution in [0.2, 0.25) is 5.02 Å². The molecule has 2 aromatic rings. The number of hydrogen-bond acceptors (Lipinski definition) is 8. The monoisotopic (exact) mass is 705 g/mol. The highest BCUT2D eigenvalue weighted by molar-refractivity contribution is 6.30. The van der Waals surface area contributed by atoms with Crippen molar-refractivity contribution in [2.45, 2.75) is 62.1 Å². The van der Waals surface area contributed by atoms with Crippen LogP contribution in [0.3, 0.4) is 0 Å². The van der Waals surface area contributed by atoms with Crippen LogP contribution in [0.5, 0.6) is 5.75 Å². The molecule has 50 heavy (non-hydrogen) atoms. The van der Waals surface area contributed by atoms with E-state index in [-0.39, 0.29) is 17.9 Å². The molecule has 0 amide bonds. The summed E-state index contributed by atoms with van der Waals surface area (Å²) in [5, 5.41) is 23.1. The van der Waals surface area contributed by atoms with Gasteiger partial charge in [-0.05, 0) is 91.3 Å². The average Bonchev–Trinajstić information content (AvgIpc) is 3.24. The minimum atomic E-state index is -2.14. The molecule has 1 saturated heterocycles. The fourth-order valence-electron chi connectivity index (χ4n) is 8.76. The molecule has 2 N–H and O–H groups in total. The van der Waals surface area contributed by atoms with E-state index in [9.17, 15) is 15.0 Å². The van der Waals surface area contributed by atoms with Crippen LogP contribution in [0.1, 0.15) is 55.2 Å². The second kappa shape index (κ2) is 14.9. The molecule has 5 atom stereocenters. The van der Waals surface area contributed by atoms with Crippen LogP contribution in [0.25, 0.3) is 0 Å². The second-order valence-electron chi connectivity index (χ2n) is 15.1. The SMILES string of the molecule is C=C1C[C@](O)(C(=O)O)c2ccc3c(c2)N(C[C@@H]2CC[C@H]2[C@@H](OCCN2CCOCC2)/C=C/CCN1C)C[C@@]1(CCCc2cc(Cl)ccc21)CO3. The van der Waals surface area contributed by atoms with Crippen LogP contribution in [0.4, 0.5) is 5.69 Å². The summed E-state index contributed by atoms with van der Waals surface area (Å²) in [6.07, 6.45) is 10.3. The summed E-state index contributed by atoms with van der Waals surface area (Å²) in [7, 11) is 1.90. The predicted octanol–water partition coefficient (Wildman–Crippen LogP) is 5.62. The van der Waals surface area contributed by atoms with E-state index in [0.29, 0.717) is 48.6 Å². The molecule has 9 nitrogen and oxygen atoms in total. The number of carboxylic acid groups (broad SMARTS) is 1. The first kappa shape index (κ1) is 35.3. The Hall–Kier alpha value is -3.08. The van der Waals surface area contributed by atoms with Crippen LogP contribution in [-0.4, -0.2) is 105 Å². The van der Waals surface area contributed by atoms with Gasteiger partial charge in [0.15, 0.2) is 5.60 Å². The number of aliphatic hydroxyl groups is 1. The highest BCUT2D eigenvalue weighted by Crippen LogP contribution is 2.48. The number of carboxylic acids is 1. The molecule has 2 fully saturated rings. The van der Waals surface area contributed by atoms with Crippen molar-refractivity contribution in [2.24, 2.45) is 11.8 Å². The molecule has 0 aromatic heterocycles. The maximum atomic E-state index is 12.8. The number of ether oxygens (including phenoxy) is 3. The first-order chi connectivity index (χ1) is 24.1. The van der Waals surface area contributed by atoms with E-state index in [2.05, 4.69) is 40.7 Å². The molecule has 2 aromatic carbocycles. The zero-order chi connectivity index (χ0) is 34.9. The minimum Gasteiger partial charge on any atom is -0.490 e. The van der Waals surface area contributed by atoms with Gasteiger partial charge >= 0.3 is 5.97 Å². The number of nitrogens with zero attached hydrogens (tertiary/aromatic N) is 3. The van der Waals surface area contributed by atoms with Crippen molar-refractivity contribution in [3.63, 3.8) is 0 Å². The number of hydrogen-bond donors (Lipinski definition) is 2. The molecule has 2 bridgehead atoms. The maximum absolute atomic E-state index is 12.8. The molecule has 0 radical (unpaired) electrons. The van der Waals surface area contributed by atoms with Gasteiger partial charge in [0.1, 0.15) is 5.75 Å². The highest BCUT2D eigenvalue weighted by Gasteiger charge is 2.46. The zero-order valence-electron chi connectivity index (χ0n) is 29.3. The van der Waals surface area contributed by atoms with Gasteiger partial charge in [-0.3, -0.25) is 4.90 Å². The van der Waals surface area contributed by atoms with Crippen LogP contribution >= 0.6 is 11.6 Å². The third kappa shape index (κ3) is 7.17. The molecule has 1 spiro atoms. The van der Waals surface area contributed by atoms with Gasteiger partial charge in [0.2, 0.25) is 0 Å². The van der Waals surface area contributed by atoms with Crippen LogP contribution in [0.15, 0.2) is 60.8 Å². The molecule has 10 heteroatoms. The number of aryl methyl sites for hydroxylation is 1. The lowest BCUT2D eigenvalue weighted by Gasteiger charge is -2.46. The first-order valence-electron chi connectivity index (χ1n) is 18.4. The van der Waals surface area contributed by atoms with Gasteiger partial charge in [-0.1, -0.05) is 42.5 Å². The Morgan fingerprint density at radius 3 is 2.76 bits per heavy atom. The summed E-state index contributed by atoms with van der Waals surface area (Å²) in [5.41, 5.74) is 1.88. The molecule has 3 aliphatic heterocycles. The van der Waals surface area contributed by atoms with Gasteiger partial charge in [0.25, 0.3) is 0 Å². The minimum absolute atomic E-state index is 0.00819. The van der Waals surface area contributed by atoms with Crippen LogP contribution in [0, 0.1) is 11.8 Å². The fourth-order valence-corrected chi connectivity index (χ4v) is 8.96. The second-order valence-corrected chi connectivity index (χ2v) is 15.6. The Morgan fingerprint density at radius 2 is 1.98 bits per heavy atom. The molecule has 1 saturated carbocycles. The normalized spacial score (nSPS) is 31.2. The predicted molar refractivity (Wildman–Crippen MR) is 195 cm³/mol. The summed E-state index contributed by atoms with van der Waals surface area (Å²) >= 11 is 6.48. The maximum Gasteiger partial charge on any atom is 0.340 e. The Bertz CT molecular complexity index is 1590. The lowest BCUT2D eigenvalue weighted by molar-refractivity contribution is -0.160. The van der Waals surface area contributed by atoms with Crippen molar-refractivity contribution >= 4 is 23.3 Å². The quantitative estimate of drug-likeness (QED) is 0.385. The summed E-state index contributed by atoms with van der Waals surface area (Å²) in [4.78, 5) is 19.6. The molecular formula is C40H52ClN3O6. The molecule has 3 heterocycles. The first-order valence-corrected chi connectivity index (χ1v) is 18.8. The lowest BCUT2D eigenvalue weighted by atomic mass is 9.68. The molecule has 2 aliphatic carbocycles. The average molecular weight is 706 g/mol. The standard InChI is InChI=1S/C40H52ClN3O6/c1-28-24-40(47,38(45)46)31-9-13-37-35(23-31)44(26-39(27-50-37)14-5-6-29-22-32(41)10-12-34(29)39)25-30-8-11-33(30)36(7-3-4-15-42(28)2)49-21-18-43-16-19-48-20-17-43/h3,7,9-10,12-13,22-23,30,33,36,47H,1,4-6,8,11,14-21,24-27H2,2H3,(H,45,46)/b7-3+/t30-,33+,36-,39-,40+/m0/s1. The topological polar surface area (TPSA) is 94.9 Å². The van der Waals surface area contributed by atoms with Crippen LogP contribution < -0.4 is 9.64 Å². The molecule has 270 valence electrons.